The summed E-state index contributed by atoms with van der Waals surface area (Å²) in [6.45, 7) is 10.6. The number of Topliss-reactive ketones (excluding diaryl/α,β-unsaturated/α-hetero) is 1. The fourth-order valence-corrected chi connectivity index (χ4v) is 14.2. The molecule has 12 rings (SSSR count). The minimum Gasteiger partial charge on any atom is -0.428 e. The Morgan fingerprint density at radius 3 is 2.29 bits per heavy atom. The molecule has 0 radical (unpaired) electrons. The van der Waals surface area contributed by atoms with Crippen LogP contribution in [0.2, 0.25) is 0 Å². The molecule has 19 atom stereocenters. The lowest BCUT2D eigenvalue weighted by molar-refractivity contribution is -0.292. The van der Waals surface area contributed by atoms with Gasteiger partial charge in [0.05, 0.1) is 73.1 Å². The van der Waals surface area contributed by atoms with Gasteiger partial charge in [-0.25, -0.2) is 4.79 Å². The maximum atomic E-state index is 14.4. The van der Waals surface area contributed by atoms with E-state index in [9.17, 15) is 29.1 Å². The first-order chi connectivity index (χ1) is 35.2. The fourth-order valence-electron chi connectivity index (χ4n) is 14.2. The lowest BCUT2D eigenvalue weighted by Crippen LogP contribution is -2.61. The molecule has 1 spiro atoms. The van der Waals surface area contributed by atoms with Gasteiger partial charge < -0.3 is 62.5 Å². The van der Waals surface area contributed by atoms with Crippen molar-refractivity contribution in [1.29, 1.82) is 0 Å². The summed E-state index contributed by atoms with van der Waals surface area (Å²) in [4.78, 5) is 65.1. The van der Waals surface area contributed by atoms with Crippen molar-refractivity contribution in [3.8, 4) is 0 Å². The molecule has 19 heteroatoms. The number of ether oxygens (including phenoxy) is 11. The monoisotopic (exact) mass is 1020 g/mol. The molecule has 1 aliphatic carbocycles. The summed E-state index contributed by atoms with van der Waals surface area (Å²) in [5.74, 6) is -2.45. The van der Waals surface area contributed by atoms with Gasteiger partial charge in [-0.15, -0.1) is 0 Å². The smallest absolute Gasteiger partial charge is 0.410 e. The van der Waals surface area contributed by atoms with Crippen LogP contribution in [0.15, 0.2) is 36.5 Å². The maximum absolute atomic E-state index is 14.4. The van der Waals surface area contributed by atoms with Crippen LogP contribution in [-0.4, -0.2) is 170 Å². The summed E-state index contributed by atoms with van der Waals surface area (Å²) in [5.41, 5.74) is 2.07. The third-order valence-corrected chi connectivity index (χ3v) is 18.1. The first-order valence-electron chi connectivity index (χ1n) is 27.2. The number of ketones is 1. The number of methoxy groups -OCH3 is 1. The van der Waals surface area contributed by atoms with E-state index in [4.69, 9.17) is 52.1 Å². The molecule has 11 fully saturated rings. The van der Waals surface area contributed by atoms with Gasteiger partial charge in [-0.05, 0) is 93.6 Å². The number of aliphatic hydroxyl groups excluding tert-OH is 1. The summed E-state index contributed by atoms with van der Waals surface area (Å²) in [6, 6.07) is 0. The summed E-state index contributed by atoms with van der Waals surface area (Å²) in [5, 5.41) is 13.9. The zero-order valence-electron chi connectivity index (χ0n) is 42.2. The Morgan fingerprint density at radius 1 is 0.767 bits per heavy atom. The number of nitrogens with zero attached hydrogens (tertiary/aromatic N) is 1. The van der Waals surface area contributed by atoms with Gasteiger partial charge >= 0.3 is 12.1 Å². The molecule has 19 nitrogen and oxygen atoms in total. The van der Waals surface area contributed by atoms with Crippen molar-refractivity contribution < 1.29 is 81.2 Å². The first kappa shape index (κ1) is 51.5. The molecule has 0 aromatic carbocycles. The Balaban J connectivity index is 0.721. The average molecular weight is 1020 g/mol. The van der Waals surface area contributed by atoms with E-state index < -0.39 is 67.2 Å². The molecule has 12 aliphatic rings. The first-order valence-corrected chi connectivity index (χ1v) is 27.2. The number of fused-ring (bicyclic) bond motifs is 6. The Hall–Kier alpha value is -3.63. The van der Waals surface area contributed by atoms with Gasteiger partial charge in [0, 0.05) is 76.8 Å². The van der Waals surface area contributed by atoms with Crippen LogP contribution in [0.3, 0.4) is 0 Å². The molecule has 0 aromatic rings. The van der Waals surface area contributed by atoms with E-state index in [-0.39, 0.29) is 122 Å². The second kappa shape index (κ2) is 21.4. The normalized spacial score (nSPS) is 44.7. The molecule has 11 aliphatic heterocycles. The quantitative estimate of drug-likeness (QED) is 0.134. The highest BCUT2D eigenvalue weighted by atomic mass is 16.8. The molecule has 0 aromatic heterocycles. The Morgan fingerprint density at radius 2 is 1.49 bits per heavy atom. The maximum Gasteiger partial charge on any atom is 0.410 e. The van der Waals surface area contributed by atoms with Crippen LogP contribution in [0.5, 0.6) is 0 Å². The molecule has 402 valence electrons. The fraction of sp³-hybridized carbons (Fsp3) is 0.796. The van der Waals surface area contributed by atoms with Crippen LogP contribution in [0.4, 0.5) is 4.79 Å². The second-order valence-corrected chi connectivity index (χ2v) is 22.9. The van der Waals surface area contributed by atoms with Crippen LogP contribution >= 0.6 is 0 Å². The third kappa shape index (κ3) is 10.8. The minimum atomic E-state index is -1.08. The molecular formula is C54H74N2O17. The number of alkyl carbamates (subject to hydrolysis) is 1. The van der Waals surface area contributed by atoms with Crippen LogP contribution in [-0.2, 0) is 71.3 Å². The zero-order valence-corrected chi connectivity index (χ0v) is 42.2. The van der Waals surface area contributed by atoms with Gasteiger partial charge in [0.1, 0.15) is 36.3 Å². The summed E-state index contributed by atoms with van der Waals surface area (Å²) < 4.78 is 70.9. The van der Waals surface area contributed by atoms with Gasteiger partial charge in [-0.1, -0.05) is 20.1 Å². The molecule has 12 bridgehead atoms. The highest BCUT2D eigenvalue weighted by Crippen LogP contribution is 2.54. The molecule has 3 amide bonds. The lowest BCUT2D eigenvalue weighted by atomic mass is 9.81. The van der Waals surface area contributed by atoms with Crippen LogP contribution in [0, 0.1) is 23.7 Å². The second-order valence-electron chi connectivity index (χ2n) is 22.9. The van der Waals surface area contributed by atoms with E-state index >= 15 is 0 Å². The average Bonchev–Trinajstić information content (AvgIpc) is 4.12. The number of imide groups is 1. The Labute approximate surface area is 426 Å². The van der Waals surface area contributed by atoms with Crippen molar-refractivity contribution >= 4 is 29.7 Å². The lowest BCUT2D eigenvalue weighted by Gasteiger charge is -2.47. The number of esters is 1. The number of rotatable bonds is 10. The van der Waals surface area contributed by atoms with Crippen molar-refractivity contribution in [2.45, 2.75) is 220 Å². The molecular weight excluding hydrogens is 949 g/mol. The van der Waals surface area contributed by atoms with Gasteiger partial charge in [0.25, 0.3) is 11.8 Å². The molecule has 0 unspecified atom stereocenters. The van der Waals surface area contributed by atoms with Crippen molar-refractivity contribution in [2.75, 3.05) is 27.0 Å². The molecule has 11 heterocycles. The number of aliphatic hydroxyl groups is 1. The number of hydrogen-bond donors (Lipinski definition) is 2. The van der Waals surface area contributed by atoms with E-state index in [0.717, 1.165) is 43.3 Å². The Kier molecular flexibility index (Phi) is 15.1. The SMILES string of the molecule is C=C1C[C@@H]2CC[C@@]34C[C@H]5O[C@H]6[C@@H](O3)[C@H]3O[C@H](CC[C@@H]3O[C@H]6[C@H]5O4)CC(=O)C[C@@H]3[C@@H](OC)[C@@H](C[C@H](O)CNC(=O)OCOC(=O)C4CCC(CN5C(=O)C=CC5=O)CC4)O[C@H]3C[C@H]3O[C@@H](CC[C@@H]1O2)C[C@@H](C)C3=C. The predicted octanol–water partition coefficient (Wildman–Crippen LogP) is 4.44. The molecule has 10 saturated heterocycles. The van der Waals surface area contributed by atoms with E-state index in [1.165, 1.54) is 17.1 Å². The minimum absolute atomic E-state index is 0.00564. The van der Waals surface area contributed by atoms with E-state index in [1.54, 1.807) is 7.11 Å². The van der Waals surface area contributed by atoms with E-state index in [0.29, 0.717) is 64.3 Å². The number of carbonyl (C=O) groups is 5. The zero-order chi connectivity index (χ0) is 50.7. The number of carbonyl (C=O) groups excluding carboxylic acids is 5. The standard InChI is InChI=1S/C54H74N2O17/c1-27-17-34-9-11-38-28(2)18-36(66-38)15-16-54-23-43-48(72-54)49-50(71-43)51(73-54)47-39(70-49)12-10-35(68-47)19-32(57)20-37-41(22-40(67-34)29(27)3)69-42(46(37)63-4)21-33(58)24-55-53(62)65-26-64-52(61)31-7-5-30(6-8-31)25-56-44(59)13-14-45(56)60/h13-14,27,30-31,33-43,46-51,58H,2-3,5-12,15-26H2,1,4H3,(H,55,62)/t27-,30?,31?,33+,34+,35-,36+,37+,38+,39+,40-,41+,42-,43-,46-,47+,48+,49+,50-,51+,54+/m1/s1. The highest BCUT2D eigenvalue weighted by Gasteiger charge is 2.69. The largest absolute Gasteiger partial charge is 0.428 e. The van der Waals surface area contributed by atoms with Crippen molar-refractivity contribution in [3.63, 3.8) is 0 Å². The van der Waals surface area contributed by atoms with Gasteiger partial charge in [-0.3, -0.25) is 24.1 Å². The van der Waals surface area contributed by atoms with Crippen LogP contribution < -0.4 is 5.32 Å². The molecule has 73 heavy (non-hydrogen) atoms. The van der Waals surface area contributed by atoms with Gasteiger partial charge in [-0.2, -0.15) is 0 Å². The van der Waals surface area contributed by atoms with E-state index in [1.807, 2.05) is 0 Å². The summed E-state index contributed by atoms with van der Waals surface area (Å²) in [7, 11) is 1.59. The van der Waals surface area contributed by atoms with Gasteiger partial charge in [0.2, 0.25) is 6.79 Å². The van der Waals surface area contributed by atoms with Crippen LogP contribution in [0.25, 0.3) is 0 Å². The van der Waals surface area contributed by atoms with Crippen molar-refractivity contribution in [2.24, 2.45) is 23.7 Å². The van der Waals surface area contributed by atoms with Gasteiger partial charge in [0.15, 0.2) is 5.79 Å². The number of hydrogen-bond acceptors (Lipinski definition) is 17. The number of nitrogens with one attached hydrogen (secondary N) is 1. The van der Waals surface area contributed by atoms with E-state index in [2.05, 4.69) is 25.4 Å². The third-order valence-electron chi connectivity index (χ3n) is 18.1. The molecule has 2 N–H and O–H groups in total. The summed E-state index contributed by atoms with van der Waals surface area (Å²) in [6.07, 6.45) is 5.90. The number of amides is 3. The van der Waals surface area contributed by atoms with Crippen molar-refractivity contribution in [3.05, 3.63) is 36.5 Å². The Bertz CT molecular complexity index is 2150. The summed E-state index contributed by atoms with van der Waals surface area (Å²) >= 11 is 0. The highest BCUT2D eigenvalue weighted by molar-refractivity contribution is 6.12. The molecule has 1 saturated carbocycles. The predicted molar refractivity (Wildman–Crippen MR) is 254 cm³/mol. The van der Waals surface area contributed by atoms with Crippen LogP contribution in [0.1, 0.15) is 116 Å². The van der Waals surface area contributed by atoms with Crippen molar-refractivity contribution in [1.82, 2.24) is 10.2 Å². The topological polar surface area (TPSA) is 222 Å².